The molecule has 1 fully saturated rings. The van der Waals surface area contributed by atoms with Crippen LogP contribution in [0.2, 0.25) is 0 Å². The van der Waals surface area contributed by atoms with E-state index >= 15 is 0 Å². The largest absolute Gasteiger partial charge is 0.390 e. The molecule has 1 saturated heterocycles. The van der Waals surface area contributed by atoms with E-state index in [0.717, 1.165) is 19.3 Å². The second kappa shape index (κ2) is 5.63. The quantitative estimate of drug-likeness (QED) is 0.870. The first kappa shape index (κ1) is 12.6. The molecule has 0 spiro atoms. The van der Waals surface area contributed by atoms with E-state index in [1.165, 1.54) is 5.56 Å². The molecule has 0 unspecified atom stereocenters. The zero-order valence-corrected chi connectivity index (χ0v) is 10.5. The molecule has 1 aromatic rings. The molecular formula is C14H21NO2. The monoisotopic (exact) mass is 235 g/mol. The van der Waals surface area contributed by atoms with Crippen LogP contribution in [0, 0.1) is 0 Å². The zero-order valence-electron chi connectivity index (χ0n) is 10.5. The van der Waals surface area contributed by atoms with Gasteiger partial charge in [0.15, 0.2) is 0 Å². The summed E-state index contributed by atoms with van der Waals surface area (Å²) < 4.78 is 0. The van der Waals surface area contributed by atoms with Crippen molar-refractivity contribution in [3.05, 3.63) is 35.9 Å². The van der Waals surface area contributed by atoms with Crippen LogP contribution in [0.15, 0.2) is 30.3 Å². The van der Waals surface area contributed by atoms with Crippen molar-refractivity contribution in [2.24, 2.45) is 0 Å². The molecule has 2 rings (SSSR count). The molecule has 1 aliphatic heterocycles. The predicted molar refractivity (Wildman–Crippen MR) is 67.4 cm³/mol. The van der Waals surface area contributed by atoms with Crippen molar-refractivity contribution in [2.45, 2.75) is 44.4 Å². The van der Waals surface area contributed by atoms with Crippen molar-refractivity contribution in [3.63, 3.8) is 0 Å². The number of rotatable bonds is 4. The molecule has 94 valence electrons. The number of hydroxylamine groups is 2. The number of aliphatic hydroxyl groups is 1. The molecule has 17 heavy (non-hydrogen) atoms. The van der Waals surface area contributed by atoms with Crippen LogP contribution in [0.1, 0.15) is 37.8 Å². The number of aliphatic hydroxyl groups excluding tert-OH is 1. The highest BCUT2D eigenvalue weighted by atomic mass is 16.7. The maximum atomic E-state index is 9.98. The topological polar surface area (TPSA) is 32.7 Å². The number of hydrogen-bond donors (Lipinski definition) is 1. The minimum Gasteiger partial charge on any atom is -0.390 e. The summed E-state index contributed by atoms with van der Waals surface area (Å²) in [5.74, 6) is 0. The van der Waals surface area contributed by atoms with Gasteiger partial charge in [-0.2, -0.15) is 5.06 Å². The minimum absolute atomic E-state index is 0.0647. The summed E-state index contributed by atoms with van der Waals surface area (Å²) in [6, 6.07) is 10.6. The Morgan fingerprint density at radius 1 is 1.41 bits per heavy atom. The van der Waals surface area contributed by atoms with E-state index in [1.54, 1.807) is 0 Å². The molecule has 1 aliphatic rings. The summed E-state index contributed by atoms with van der Waals surface area (Å²) in [6.07, 6.45) is 2.24. The van der Waals surface area contributed by atoms with Gasteiger partial charge in [-0.3, -0.25) is 4.84 Å². The lowest BCUT2D eigenvalue weighted by Gasteiger charge is -2.18. The number of hydrogen-bond acceptors (Lipinski definition) is 3. The van der Waals surface area contributed by atoms with Crippen molar-refractivity contribution in [2.75, 3.05) is 7.05 Å². The third-order valence-corrected chi connectivity index (χ3v) is 3.39. The first-order valence-corrected chi connectivity index (χ1v) is 6.35. The highest BCUT2D eigenvalue weighted by Gasteiger charge is 2.35. The van der Waals surface area contributed by atoms with E-state index in [2.05, 4.69) is 19.1 Å². The maximum Gasteiger partial charge on any atom is 0.107 e. The fourth-order valence-corrected chi connectivity index (χ4v) is 2.43. The molecule has 3 nitrogen and oxygen atoms in total. The lowest BCUT2D eigenvalue weighted by atomic mass is 9.98. The van der Waals surface area contributed by atoms with Gasteiger partial charge in [0.05, 0.1) is 12.1 Å². The van der Waals surface area contributed by atoms with E-state index in [4.69, 9.17) is 4.84 Å². The molecule has 3 atom stereocenters. The van der Waals surface area contributed by atoms with E-state index in [0.29, 0.717) is 0 Å². The standard InChI is InChI=1S/C14H21NO2/c1-3-7-13(16)14-10-12(15(2)17-14)11-8-5-4-6-9-11/h4-6,8-9,12-14,16H,3,7,10H2,1-2H3/t12-,13+,14+/m1/s1. The van der Waals surface area contributed by atoms with E-state index < -0.39 is 0 Å². The van der Waals surface area contributed by atoms with E-state index in [1.807, 2.05) is 30.3 Å². The van der Waals surface area contributed by atoms with Crippen LogP contribution in [0.5, 0.6) is 0 Å². The minimum atomic E-state index is -0.351. The third kappa shape index (κ3) is 2.86. The molecule has 0 aromatic heterocycles. The first-order valence-electron chi connectivity index (χ1n) is 6.35. The van der Waals surface area contributed by atoms with Gasteiger partial charge < -0.3 is 5.11 Å². The number of nitrogens with zero attached hydrogens (tertiary/aromatic N) is 1. The second-order valence-corrected chi connectivity index (χ2v) is 4.71. The highest BCUT2D eigenvalue weighted by Crippen LogP contribution is 2.34. The van der Waals surface area contributed by atoms with Crippen LogP contribution in [0.25, 0.3) is 0 Å². The summed E-state index contributed by atoms with van der Waals surface area (Å²) in [5.41, 5.74) is 1.25. The van der Waals surface area contributed by atoms with Gasteiger partial charge in [0.1, 0.15) is 6.10 Å². The molecule has 0 aliphatic carbocycles. The van der Waals surface area contributed by atoms with Crippen LogP contribution in [-0.4, -0.2) is 29.4 Å². The van der Waals surface area contributed by atoms with Gasteiger partial charge in [-0.15, -0.1) is 0 Å². The van der Waals surface area contributed by atoms with E-state index in [9.17, 15) is 5.11 Å². The summed E-state index contributed by atoms with van der Waals surface area (Å²) in [7, 11) is 1.94. The van der Waals surface area contributed by atoms with Crippen LogP contribution >= 0.6 is 0 Å². The SMILES string of the molecule is CCC[C@H](O)[C@@H]1C[C@H](c2ccccc2)N(C)O1. The molecular weight excluding hydrogens is 214 g/mol. The third-order valence-electron chi connectivity index (χ3n) is 3.39. The fraction of sp³-hybridized carbons (Fsp3) is 0.571. The van der Waals surface area contributed by atoms with Gasteiger partial charge in [-0.1, -0.05) is 43.7 Å². The molecule has 0 radical (unpaired) electrons. The van der Waals surface area contributed by atoms with Gasteiger partial charge >= 0.3 is 0 Å². The van der Waals surface area contributed by atoms with Gasteiger partial charge in [0.25, 0.3) is 0 Å². The Labute approximate surface area is 103 Å². The van der Waals surface area contributed by atoms with E-state index in [-0.39, 0.29) is 18.2 Å². The molecule has 0 amide bonds. The Bertz CT molecular complexity index is 341. The second-order valence-electron chi connectivity index (χ2n) is 4.71. The van der Waals surface area contributed by atoms with Gasteiger partial charge in [0.2, 0.25) is 0 Å². The Kier molecular flexibility index (Phi) is 4.15. The van der Waals surface area contributed by atoms with Crippen molar-refractivity contribution in [1.29, 1.82) is 0 Å². The molecule has 1 aromatic carbocycles. The zero-order chi connectivity index (χ0) is 12.3. The predicted octanol–water partition coefficient (Wildman–Crippen LogP) is 2.52. The van der Waals surface area contributed by atoms with Gasteiger partial charge in [-0.25, -0.2) is 0 Å². The Morgan fingerprint density at radius 3 is 2.76 bits per heavy atom. The first-order chi connectivity index (χ1) is 8.22. The molecule has 0 saturated carbocycles. The Balaban J connectivity index is 2.03. The molecule has 3 heteroatoms. The average molecular weight is 235 g/mol. The van der Waals surface area contributed by atoms with Crippen molar-refractivity contribution in [1.82, 2.24) is 5.06 Å². The van der Waals surface area contributed by atoms with Crippen LogP contribution in [0.3, 0.4) is 0 Å². The summed E-state index contributed by atoms with van der Waals surface area (Å²) in [5, 5.41) is 11.9. The summed E-state index contributed by atoms with van der Waals surface area (Å²) in [4.78, 5) is 5.73. The van der Waals surface area contributed by atoms with Crippen LogP contribution in [0.4, 0.5) is 0 Å². The lowest BCUT2D eigenvalue weighted by molar-refractivity contribution is -0.170. The van der Waals surface area contributed by atoms with Crippen LogP contribution in [-0.2, 0) is 4.84 Å². The molecule has 1 N–H and O–H groups in total. The number of benzene rings is 1. The van der Waals surface area contributed by atoms with Gasteiger partial charge in [0, 0.05) is 13.5 Å². The van der Waals surface area contributed by atoms with Crippen molar-refractivity contribution >= 4 is 0 Å². The van der Waals surface area contributed by atoms with Crippen molar-refractivity contribution < 1.29 is 9.94 Å². The molecule has 1 heterocycles. The maximum absolute atomic E-state index is 9.98. The highest BCUT2D eigenvalue weighted by molar-refractivity contribution is 5.19. The summed E-state index contributed by atoms with van der Waals surface area (Å²) in [6.45, 7) is 2.08. The van der Waals surface area contributed by atoms with Gasteiger partial charge in [-0.05, 0) is 12.0 Å². The summed E-state index contributed by atoms with van der Waals surface area (Å²) >= 11 is 0. The van der Waals surface area contributed by atoms with Crippen molar-refractivity contribution in [3.8, 4) is 0 Å². The molecule has 0 bridgehead atoms. The fourth-order valence-electron chi connectivity index (χ4n) is 2.43. The lowest BCUT2D eigenvalue weighted by Crippen LogP contribution is -2.26. The Morgan fingerprint density at radius 2 is 2.12 bits per heavy atom. The smallest absolute Gasteiger partial charge is 0.107 e. The normalized spacial score (nSPS) is 27.2. The Hall–Kier alpha value is -0.900. The van der Waals surface area contributed by atoms with Crippen LogP contribution < -0.4 is 0 Å². The average Bonchev–Trinajstić information content (AvgIpc) is 2.73.